The molecule has 0 N–H and O–H groups in total. The van der Waals surface area contributed by atoms with E-state index < -0.39 is 0 Å². The zero-order chi connectivity index (χ0) is 19.2. The lowest BCUT2D eigenvalue weighted by Crippen LogP contribution is -2.34. The Morgan fingerprint density at radius 2 is 1.37 bits per heavy atom. The summed E-state index contributed by atoms with van der Waals surface area (Å²) in [7, 11) is 0. The molecule has 0 radical (unpaired) electrons. The predicted molar refractivity (Wildman–Crippen MR) is 122 cm³/mol. The van der Waals surface area contributed by atoms with Crippen LogP contribution < -0.4 is 0 Å². The smallest absolute Gasteiger partial charge is 0.237 e. The van der Waals surface area contributed by atoms with Crippen LogP contribution in [0.2, 0.25) is 0 Å². The van der Waals surface area contributed by atoms with E-state index in [1.807, 2.05) is 28.4 Å². The first kappa shape index (κ1) is 22.9. The molecular formula is C21H33ClN2OS2. The van der Waals surface area contributed by atoms with Gasteiger partial charge < -0.3 is 4.90 Å². The molecule has 6 heteroatoms. The molecule has 27 heavy (non-hydrogen) atoms. The summed E-state index contributed by atoms with van der Waals surface area (Å²) in [5, 5.41) is 0. The average molecular weight is 429 g/mol. The number of hydrogen-bond acceptors (Lipinski definition) is 4. The van der Waals surface area contributed by atoms with Crippen molar-refractivity contribution >= 4 is 41.0 Å². The Labute approximate surface area is 178 Å². The molecule has 1 fully saturated rings. The van der Waals surface area contributed by atoms with Crippen LogP contribution in [0.3, 0.4) is 0 Å². The third-order valence-electron chi connectivity index (χ3n) is 4.68. The maximum Gasteiger partial charge on any atom is 0.237 e. The fourth-order valence-electron chi connectivity index (χ4n) is 3.26. The number of carbonyl (C=O) groups is 1. The molecule has 1 aliphatic rings. The Morgan fingerprint density at radius 3 is 1.89 bits per heavy atom. The molecule has 0 unspecified atom stereocenters. The fraction of sp³-hybridized carbons (Fsp3) is 0.667. The van der Waals surface area contributed by atoms with Gasteiger partial charge in [0.2, 0.25) is 5.91 Å². The van der Waals surface area contributed by atoms with Gasteiger partial charge in [-0.25, -0.2) is 0 Å². The number of alkyl halides is 1. The molecule has 0 saturated carbocycles. The minimum absolute atomic E-state index is 0.0873. The summed E-state index contributed by atoms with van der Waals surface area (Å²) in [6.45, 7) is 5.10. The van der Waals surface area contributed by atoms with Crippen LogP contribution >= 0.6 is 35.1 Å². The van der Waals surface area contributed by atoms with Crippen LogP contribution in [-0.4, -0.2) is 70.8 Å². The molecular weight excluding hydrogens is 396 g/mol. The van der Waals surface area contributed by atoms with Crippen LogP contribution in [0.4, 0.5) is 0 Å². The second kappa shape index (κ2) is 14.6. The van der Waals surface area contributed by atoms with Crippen molar-refractivity contribution in [2.75, 3.05) is 55.1 Å². The molecule has 0 atom stereocenters. The lowest BCUT2D eigenvalue weighted by molar-refractivity contribution is -0.128. The highest BCUT2D eigenvalue weighted by Crippen LogP contribution is 2.13. The van der Waals surface area contributed by atoms with E-state index in [0.717, 1.165) is 44.0 Å². The minimum atomic E-state index is 0.0873. The standard InChI is InChI=1S/C21H33ClN2OS2/c22-18-21(25)24-12-6-16-26-14-4-10-23(11-5-15-27-17-7-13-24)19-20-8-2-1-3-9-20/h1-3,8-9H,4-7,10-19H2. The molecule has 0 bridgehead atoms. The van der Waals surface area contributed by atoms with Crippen molar-refractivity contribution in [1.29, 1.82) is 0 Å². The monoisotopic (exact) mass is 428 g/mol. The number of amides is 1. The third kappa shape index (κ3) is 10.1. The van der Waals surface area contributed by atoms with E-state index in [1.165, 1.54) is 43.0 Å². The van der Waals surface area contributed by atoms with Gasteiger partial charge in [-0.05, 0) is 67.3 Å². The number of rotatable bonds is 3. The molecule has 0 aliphatic carbocycles. The summed E-state index contributed by atoms with van der Waals surface area (Å²) in [5.41, 5.74) is 1.41. The lowest BCUT2D eigenvalue weighted by atomic mass is 10.2. The van der Waals surface area contributed by atoms with Crippen LogP contribution in [0, 0.1) is 0 Å². The Hall–Kier alpha value is -0.360. The molecule has 1 aromatic rings. The molecule has 152 valence electrons. The van der Waals surface area contributed by atoms with E-state index in [1.54, 1.807) is 0 Å². The van der Waals surface area contributed by atoms with Crippen molar-refractivity contribution in [2.45, 2.75) is 32.2 Å². The zero-order valence-electron chi connectivity index (χ0n) is 16.3. The first-order valence-electron chi connectivity index (χ1n) is 10.0. The fourth-order valence-corrected chi connectivity index (χ4v) is 5.17. The number of nitrogens with zero attached hydrogens (tertiary/aromatic N) is 2. The van der Waals surface area contributed by atoms with Crippen LogP contribution in [-0.2, 0) is 11.3 Å². The predicted octanol–water partition coefficient (Wildman–Crippen LogP) is 4.60. The van der Waals surface area contributed by atoms with Gasteiger partial charge in [-0.3, -0.25) is 9.69 Å². The molecule has 1 amide bonds. The molecule has 1 heterocycles. The number of thioether (sulfide) groups is 2. The van der Waals surface area contributed by atoms with Gasteiger partial charge in [0.25, 0.3) is 0 Å². The first-order chi connectivity index (χ1) is 13.3. The molecule has 3 nitrogen and oxygen atoms in total. The van der Waals surface area contributed by atoms with Crippen molar-refractivity contribution in [3.05, 3.63) is 35.9 Å². The van der Waals surface area contributed by atoms with Crippen molar-refractivity contribution < 1.29 is 4.79 Å². The van der Waals surface area contributed by atoms with E-state index in [2.05, 4.69) is 35.2 Å². The topological polar surface area (TPSA) is 23.6 Å². The van der Waals surface area contributed by atoms with E-state index >= 15 is 0 Å². The van der Waals surface area contributed by atoms with E-state index in [-0.39, 0.29) is 11.8 Å². The van der Waals surface area contributed by atoms with E-state index in [0.29, 0.717) is 0 Å². The summed E-state index contributed by atoms with van der Waals surface area (Å²) in [5.74, 6) is 4.84. The third-order valence-corrected chi connectivity index (χ3v) is 7.21. The van der Waals surface area contributed by atoms with Crippen LogP contribution in [0.15, 0.2) is 30.3 Å². The molecule has 2 rings (SSSR count). The highest BCUT2D eigenvalue weighted by molar-refractivity contribution is 7.99. The average Bonchev–Trinajstić information content (AvgIpc) is 2.69. The Morgan fingerprint density at radius 1 is 0.852 bits per heavy atom. The summed E-state index contributed by atoms with van der Waals surface area (Å²) in [6, 6.07) is 10.8. The molecule has 0 spiro atoms. The maximum atomic E-state index is 12.0. The summed E-state index contributed by atoms with van der Waals surface area (Å²) in [6.07, 6.45) is 4.59. The summed E-state index contributed by atoms with van der Waals surface area (Å²) < 4.78 is 0. The summed E-state index contributed by atoms with van der Waals surface area (Å²) >= 11 is 9.80. The van der Waals surface area contributed by atoms with Gasteiger partial charge in [-0.15, -0.1) is 11.6 Å². The van der Waals surface area contributed by atoms with Crippen molar-refractivity contribution in [1.82, 2.24) is 9.80 Å². The Kier molecular flexibility index (Phi) is 12.4. The maximum absolute atomic E-state index is 12.0. The normalized spacial score (nSPS) is 19.7. The van der Waals surface area contributed by atoms with Crippen LogP contribution in [0.1, 0.15) is 31.2 Å². The quantitative estimate of drug-likeness (QED) is 0.656. The van der Waals surface area contributed by atoms with Crippen LogP contribution in [0.25, 0.3) is 0 Å². The molecule has 0 aromatic heterocycles. The van der Waals surface area contributed by atoms with Crippen molar-refractivity contribution in [3.8, 4) is 0 Å². The largest absolute Gasteiger partial charge is 0.342 e. The highest BCUT2D eigenvalue weighted by Gasteiger charge is 2.12. The second-order valence-corrected chi connectivity index (χ2v) is 9.63. The van der Waals surface area contributed by atoms with Crippen molar-refractivity contribution in [2.24, 2.45) is 0 Å². The van der Waals surface area contributed by atoms with Gasteiger partial charge in [0.05, 0.1) is 0 Å². The summed E-state index contributed by atoms with van der Waals surface area (Å²) in [4.78, 5) is 16.5. The molecule has 1 aromatic carbocycles. The van der Waals surface area contributed by atoms with Gasteiger partial charge >= 0.3 is 0 Å². The van der Waals surface area contributed by atoms with Gasteiger partial charge in [-0.1, -0.05) is 30.3 Å². The Bertz CT molecular complexity index is 500. The van der Waals surface area contributed by atoms with Gasteiger partial charge in [0, 0.05) is 19.6 Å². The minimum Gasteiger partial charge on any atom is -0.342 e. The highest BCUT2D eigenvalue weighted by atomic mass is 35.5. The van der Waals surface area contributed by atoms with Crippen molar-refractivity contribution in [3.63, 3.8) is 0 Å². The second-order valence-electron chi connectivity index (χ2n) is 6.92. The van der Waals surface area contributed by atoms with Gasteiger partial charge in [-0.2, -0.15) is 23.5 Å². The number of hydrogen-bond donors (Lipinski definition) is 0. The zero-order valence-corrected chi connectivity index (χ0v) is 18.7. The lowest BCUT2D eigenvalue weighted by Gasteiger charge is -2.23. The van der Waals surface area contributed by atoms with E-state index in [4.69, 9.17) is 11.6 Å². The number of benzene rings is 1. The number of carbonyl (C=O) groups excluding carboxylic acids is 1. The first-order valence-corrected chi connectivity index (χ1v) is 12.9. The molecule has 1 aliphatic heterocycles. The number of halogens is 1. The van der Waals surface area contributed by atoms with E-state index in [9.17, 15) is 4.79 Å². The van der Waals surface area contributed by atoms with Crippen LogP contribution in [0.5, 0.6) is 0 Å². The van der Waals surface area contributed by atoms with Gasteiger partial charge in [0.15, 0.2) is 0 Å². The van der Waals surface area contributed by atoms with Gasteiger partial charge in [0.1, 0.15) is 5.88 Å². The SMILES string of the molecule is O=C(CCl)N1CCCSCCCN(Cc2ccccc2)CCCSCCC1. The Balaban J connectivity index is 1.79. The molecule has 1 saturated heterocycles.